The van der Waals surface area contributed by atoms with Crippen molar-refractivity contribution >= 4 is 29.3 Å². The minimum absolute atomic E-state index is 0.177. The van der Waals surface area contributed by atoms with E-state index in [1.807, 2.05) is 48.5 Å². The molecule has 7 heteroatoms. The van der Waals surface area contributed by atoms with Gasteiger partial charge in [-0.15, -0.1) is 0 Å². The van der Waals surface area contributed by atoms with Gasteiger partial charge in [0.1, 0.15) is 6.04 Å². The van der Waals surface area contributed by atoms with Gasteiger partial charge in [0.05, 0.1) is 5.56 Å². The van der Waals surface area contributed by atoms with Crippen LogP contribution in [0.1, 0.15) is 42.1 Å². The molecular formula is C29H29N3O4. The molecule has 36 heavy (non-hydrogen) atoms. The van der Waals surface area contributed by atoms with Gasteiger partial charge in [-0.3, -0.25) is 4.79 Å². The lowest BCUT2D eigenvalue weighted by Crippen LogP contribution is -2.47. The van der Waals surface area contributed by atoms with E-state index in [1.54, 1.807) is 29.2 Å². The topological polar surface area (TPSA) is 98.7 Å². The molecule has 0 unspecified atom stereocenters. The molecule has 2 aliphatic rings. The number of likely N-dealkylation sites (tertiary alicyclic amines) is 1. The van der Waals surface area contributed by atoms with Gasteiger partial charge >= 0.3 is 12.0 Å². The van der Waals surface area contributed by atoms with E-state index in [0.29, 0.717) is 24.1 Å². The molecule has 184 valence electrons. The van der Waals surface area contributed by atoms with E-state index in [0.717, 1.165) is 23.2 Å². The zero-order valence-corrected chi connectivity index (χ0v) is 20.3. The first kappa shape index (κ1) is 23.6. The predicted molar refractivity (Wildman–Crippen MR) is 139 cm³/mol. The maximum Gasteiger partial charge on any atom is 0.335 e. The molecule has 0 bridgehead atoms. The Morgan fingerprint density at radius 3 is 1.97 bits per heavy atom. The number of hydrogen-bond donors (Lipinski definition) is 3. The molecule has 1 aliphatic heterocycles. The van der Waals surface area contributed by atoms with E-state index in [4.69, 9.17) is 5.11 Å². The summed E-state index contributed by atoms with van der Waals surface area (Å²) in [5, 5.41) is 15.0. The summed E-state index contributed by atoms with van der Waals surface area (Å²) < 4.78 is 0. The number of fused-ring (bicyclic) bond motifs is 1. The second-order valence-corrected chi connectivity index (χ2v) is 9.91. The van der Waals surface area contributed by atoms with Gasteiger partial charge < -0.3 is 20.6 Å². The number of benzene rings is 3. The van der Waals surface area contributed by atoms with Gasteiger partial charge in [-0.2, -0.15) is 0 Å². The molecule has 0 radical (unpaired) electrons. The maximum atomic E-state index is 13.2. The van der Waals surface area contributed by atoms with Crippen LogP contribution in [0, 0.1) is 11.8 Å². The molecule has 1 saturated heterocycles. The Kier molecular flexibility index (Phi) is 6.22. The molecule has 7 nitrogen and oxygen atoms in total. The van der Waals surface area contributed by atoms with Crippen molar-refractivity contribution in [2.24, 2.45) is 11.8 Å². The molecule has 3 aromatic rings. The van der Waals surface area contributed by atoms with Gasteiger partial charge in [-0.25, -0.2) is 9.59 Å². The van der Waals surface area contributed by atoms with Crippen LogP contribution < -0.4 is 10.6 Å². The SMILES string of the molecule is CC(C)c1ccc(NC(=O)N2C[C@H]3C[C@H]3[C@@H]2C(=O)Nc2ccc(-c3ccc(C(=O)O)cc3)cc2)cc1. The first-order valence-corrected chi connectivity index (χ1v) is 12.2. The van der Waals surface area contributed by atoms with Crippen LogP contribution >= 0.6 is 0 Å². The smallest absolute Gasteiger partial charge is 0.335 e. The molecule has 1 heterocycles. The maximum absolute atomic E-state index is 13.2. The summed E-state index contributed by atoms with van der Waals surface area (Å²) in [6.07, 6.45) is 0.968. The summed E-state index contributed by atoms with van der Waals surface area (Å²) in [5.41, 5.74) is 4.61. The van der Waals surface area contributed by atoms with E-state index in [1.165, 1.54) is 5.56 Å². The molecule has 3 amide bonds. The number of anilines is 2. The normalized spacial score (nSPS) is 20.1. The number of carbonyl (C=O) groups is 3. The van der Waals surface area contributed by atoms with Crippen molar-refractivity contribution in [1.82, 2.24) is 4.90 Å². The standard InChI is InChI=1S/C29H29N3O4/c1-17(2)18-7-11-24(12-8-18)31-29(36)32-16-22-15-25(22)26(32)27(33)30-23-13-9-20(10-14-23)19-3-5-21(6-4-19)28(34)35/h3-14,17,22,25-26H,15-16H2,1-2H3,(H,30,33)(H,31,36)(H,34,35)/t22-,25-,26-/m1/s1. The van der Waals surface area contributed by atoms with Gasteiger partial charge in [0.2, 0.25) is 5.91 Å². The third kappa shape index (κ3) is 4.82. The van der Waals surface area contributed by atoms with Crippen molar-refractivity contribution in [1.29, 1.82) is 0 Å². The van der Waals surface area contributed by atoms with Crippen LogP contribution in [0.4, 0.5) is 16.2 Å². The summed E-state index contributed by atoms with van der Waals surface area (Å²) in [7, 11) is 0. The van der Waals surface area contributed by atoms with E-state index in [2.05, 4.69) is 24.5 Å². The summed E-state index contributed by atoms with van der Waals surface area (Å²) in [4.78, 5) is 38.9. The molecule has 3 atom stereocenters. The van der Waals surface area contributed by atoms with E-state index >= 15 is 0 Å². The Morgan fingerprint density at radius 2 is 1.39 bits per heavy atom. The molecule has 2 fully saturated rings. The Bertz CT molecular complexity index is 1280. The van der Waals surface area contributed by atoms with Crippen molar-refractivity contribution in [3.8, 4) is 11.1 Å². The average molecular weight is 484 g/mol. The Balaban J connectivity index is 1.23. The van der Waals surface area contributed by atoms with Crippen LogP contribution in [0.15, 0.2) is 72.8 Å². The number of carboxylic acid groups (broad SMARTS) is 1. The number of carbonyl (C=O) groups excluding carboxylic acids is 2. The summed E-state index contributed by atoms with van der Waals surface area (Å²) in [6, 6.07) is 21.1. The number of aromatic carboxylic acids is 1. The number of piperidine rings is 1. The number of amides is 3. The summed E-state index contributed by atoms with van der Waals surface area (Å²) >= 11 is 0. The van der Waals surface area contributed by atoms with Crippen molar-refractivity contribution in [2.45, 2.75) is 32.2 Å². The predicted octanol–water partition coefficient (Wildman–Crippen LogP) is 5.67. The van der Waals surface area contributed by atoms with E-state index in [-0.39, 0.29) is 23.4 Å². The number of carboxylic acids is 1. The lowest BCUT2D eigenvalue weighted by atomic mass is 10.0. The molecule has 5 rings (SSSR count). The molecule has 0 spiro atoms. The lowest BCUT2D eigenvalue weighted by molar-refractivity contribution is -0.120. The lowest BCUT2D eigenvalue weighted by Gasteiger charge is -2.27. The summed E-state index contributed by atoms with van der Waals surface area (Å²) in [6.45, 7) is 4.84. The number of nitrogens with one attached hydrogen (secondary N) is 2. The molecule has 1 aliphatic carbocycles. The first-order valence-electron chi connectivity index (χ1n) is 12.2. The molecular weight excluding hydrogens is 454 g/mol. The minimum atomic E-state index is -0.962. The van der Waals surface area contributed by atoms with Crippen molar-refractivity contribution in [2.75, 3.05) is 17.2 Å². The van der Waals surface area contributed by atoms with E-state index < -0.39 is 12.0 Å². The highest BCUT2D eigenvalue weighted by Crippen LogP contribution is 2.50. The Labute approximate surface area is 210 Å². The fraction of sp³-hybridized carbons (Fsp3) is 0.276. The van der Waals surface area contributed by atoms with Gasteiger partial charge in [-0.1, -0.05) is 50.2 Å². The quantitative estimate of drug-likeness (QED) is 0.421. The zero-order chi connectivity index (χ0) is 25.4. The van der Waals surface area contributed by atoms with Crippen LogP contribution in [-0.4, -0.2) is 40.5 Å². The van der Waals surface area contributed by atoms with Crippen molar-refractivity contribution in [3.05, 3.63) is 83.9 Å². The fourth-order valence-corrected chi connectivity index (χ4v) is 4.92. The largest absolute Gasteiger partial charge is 0.478 e. The molecule has 1 saturated carbocycles. The van der Waals surface area contributed by atoms with Crippen LogP contribution in [0.2, 0.25) is 0 Å². The second kappa shape index (κ2) is 9.49. The average Bonchev–Trinajstić information content (AvgIpc) is 3.53. The van der Waals surface area contributed by atoms with Gasteiger partial charge in [0.15, 0.2) is 0 Å². The molecule has 0 aromatic heterocycles. The third-order valence-electron chi connectivity index (χ3n) is 7.13. The van der Waals surface area contributed by atoms with Crippen LogP contribution in [0.25, 0.3) is 11.1 Å². The van der Waals surface area contributed by atoms with Crippen LogP contribution in [0.3, 0.4) is 0 Å². The second-order valence-electron chi connectivity index (χ2n) is 9.91. The number of nitrogens with zero attached hydrogens (tertiary/aromatic N) is 1. The number of urea groups is 1. The first-order chi connectivity index (χ1) is 17.3. The van der Waals surface area contributed by atoms with Gasteiger partial charge in [0.25, 0.3) is 0 Å². The van der Waals surface area contributed by atoms with Crippen LogP contribution in [-0.2, 0) is 4.79 Å². The fourth-order valence-electron chi connectivity index (χ4n) is 4.92. The minimum Gasteiger partial charge on any atom is -0.478 e. The number of hydrogen-bond acceptors (Lipinski definition) is 3. The Hall–Kier alpha value is -4.13. The highest BCUT2D eigenvalue weighted by molar-refractivity contribution is 6.00. The zero-order valence-electron chi connectivity index (χ0n) is 20.3. The monoisotopic (exact) mass is 483 g/mol. The van der Waals surface area contributed by atoms with Gasteiger partial charge in [-0.05, 0) is 77.3 Å². The third-order valence-corrected chi connectivity index (χ3v) is 7.13. The highest BCUT2D eigenvalue weighted by atomic mass is 16.4. The summed E-state index contributed by atoms with van der Waals surface area (Å²) in [5.74, 6) is -0.142. The van der Waals surface area contributed by atoms with Gasteiger partial charge in [0, 0.05) is 17.9 Å². The van der Waals surface area contributed by atoms with Crippen LogP contribution in [0.5, 0.6) is 0 Å². The molecule has 3 N–H and O–H groups in total. The van der Waals surface area contributed by atoms with Crippen molar-refractivity contribution in [3.63, 3.8) is 0 Å². The molecule has 3 aromatic carbocycles. The Morgan fingerprint density at radius 1 is 0.833 bits per heavy atom. The number of rotatable bonds is 6. The van der Waals surface area contributed by atoms with E-state index in [9.17, 15) is 14.4 Å². The highest BCUT2D eigenvalue weighted by Gasteiger charge is 2.57. The van der Waals surface area contributed by atoms with Crippen molar-refractivity contribution < 1.29 is 19.5 Å².